The van der Waals surface area contributed by atoms with Gasteiger partial charge in [0.25, 0.3) is 0 Å². The Hall–Kier alpha value is -1.75. The summed E-state index contributed by atoms with van der Waals surface area (Å²) in [7, 11) is 0. The van der Waals surface area contributed by atoms with Crippen LogP contribution in [-0.4, -0.2) is 38.8 Å². The van der Waals surface area contributed by atoms with E-state index in [2.05, 4.69) is 4.90 Å². The molecule has 1 atom stereocenters. The summed E-state index contributed by atoms with van der Waals surface area (Å²) in [6.07, 6.45) is 0.703. The number of nitrogens with zero attached hydrogens (tertiary/aromatic N) is 1. The van der Waals surface area contributed by atoms with E-state index in [9.17, 15) is 15.0 Å². The second-order valence-electron chi connectivity index (χ2n) is 5.25. The quantitative estimate of drug-likeness (QED) is 0.716. The average Bonchev–Trinajstić information content (AvgIpc) is 2.33. The van der Waals surface area contributed by atoms with E-state index in [4.69, 9.17) is 5.11 Å². The van der Waals surface area contributed by atoms with E-state index in [-0.39, 0.29) is 30.0 Å². The standard InChI is InChI=1S/C15H23NO4/c1-10(2)16(8-4-5-15(19)20)11(3)13-7-6-12(17)9-14(13)18/h6-7,9-11,17-18H,4-5,8H2,1-3H3,(H,19,20). The third kappa shape index (κ3) is 4.42. The van der Waals surface area contributed by atoms with Crippen LogP contribution in [0.2, 0.25) is 0 Å². The number of carboxylic acids is 1. The van der Waals surface area contributed by atoms with Crippen LogP contribution in [0.1, 0.15) is 45.2 Å². The van der Waals surface area contributed by atoms with Crippen LogP contribution in [-0.2, 0) is 4.79 Å². The molecule has 0 fully saturated rings. The number of carboxylic acid groups (broad SMARTS) is 1. The molecule has 0 radical (unpaired) electrons. The number of aliphatic carboxylic acids is 1. The first-order chi connectivity index (χ1) is 9.32. The topological polar surface area (TPSA) is 81.0 Å². The fraction of sp³-hybridized carbons (Fsp3) is 0.533. The molecule has 0 bridgehead atoms. The third-order valence-electron chi connectivity index (χ3n) is 3.43. The second kappa shape index (κ2) is 7.14. The van der Waals surface area contributed by atoms with Gasteiger partial charge in [-0.3, -0.25) is 9.69 Å². The van der Waals surface area contributed by atoms with Crippen molar-refractivity contribution in [2.24, 2.45) is 0 Å². The molecule has 20 heavy (non-hydrogen) atoms. The lowest BCUT2D eigenvalue weighted by Gasteiger charge is -2.33. The molecule has 3 N–H and O–H groups in total. The largest absolute Gasteiger partial charge is 0.508 e. The van der Waals surface area contributed by atoms with Crippen molar-refractivity contribution in [3.63, 3.8) is 0 Å². The van der Waals surface area contributed by atoms with E-state index in [1.807, 2.05) is 20.8 Å². The van der Waals surface area contributed by atoms with Gasteiger partial charge in [-0.1, -0.05) is 6.07 Å². The van der Waals surface area contributed by atoms with Crippen molar-refractivity contribution in [3.8, 4) is 11.5 Å². The molecule has 5 heteroatoms. The zero-order valence-electron chi connectivity index (χ0n) is 12.2. The van der Waals surface area contributed by atoms with Gasteiger partial charge in [0.1, 0.15) is 11.5 Å². The van der Waals surface area contributed by atoms with Crippen molar-refractivity contribution < 1.29 is 20.1 Å². The van der Waals surface area contributed by atoms with Crippen LogP contribution in [0, 0.1) is 0 Å². The highest BCUT2D eigenvalue weighted by Crippen LogP contribution is 2.32. The Morgan fingerprint density at radius 2 is 1.90 bits per heavy atom. The minimum Gasteiger partial charge on any atom is -0.508 e. The summed E-state index contributed by atoms with van der Waals surface area (Å²) >= 11 is 0. The summed E-state index contributed by atoms with van der Waals surface area (Å²) in [6, 6.07) is 4.74. The van der Waals surface area contributed by atoms with E-state index in [0.29, 0.717) is 13.0 Å². The first-order valence-corrected chi connectivity index (χ1v) is 6.82. The van der Waals surface area contributed by atoms with E-state index >= 15 is 0 Å². The Kier molecular flexibility index (Phi) is 5.82. The lowest BCUT2D eigenvalue weighted by atomic mass is 10.0. The Morgan fingerprint density at radius 3 is 2.40 bits per heavy atom. The number of phenolic OH excluding ortho intramolecular Hbond substituents is 2. The molecule has 0 amide bonds. The van der Waals surface area contributed by atoms with Crippen molar-refractivity contribution >= 4 is 5.97 Å². The van der Waals surface area contributed by atoms with Crippen molar-refractivity contribution in [1.82, 2.24) is 4.90 Å². The summed E-state index contributed by atoms with van der Waals surface area (Å²) in [5.74, 6) is -0.712. The van der Waals surface area contributed by atoms with E-state index in [0.717, 1.165) is 5.56 Å². The van der Waals surface area contributed by atoms with Crippen molar-refractivity contribution in [2.45, 2.75) is 45.7 Å². The van der Waals surface area contributed by atoms with Crippen molar-refractivity contribution in [1.29, 1.82) is 0 Å². The molecular formula is C15H23NO4. The Bertz CT molecular complexity index is 459. The van der Waals surface area contributed by atoms with Gasteiger partial charge in [0.2, 0.25) is 0 Å². The molecular weight excluding hydrogens is 258 g/mol. The normalized spacial score (nSPS) is 12.8. The third-order valence-corrected chi connectivity index (χ3v) is 3.43. The average molecular weight is 281 g/mol. The second-order valence-corrected chi connectivity index (χ2v) is 5.25. The van der Waals surface area contributed by atoms with E-state index in [1.165, 1.54) is 6.07 Å². The number of hydrogen-bond acceptors (Lipinski definition) is 4. The minimum atomic E-state index is -0.797. The maximum atomic E-state index is 10.6. The summed E-state index contributed by atoms with van der Waals surface area (Å²) in [5, 5.41) is 28.0. The van der Waals surface area contributed by atoms with Gasteiger partial charge in [0.05, 0.1) is 0 Å². The van der Waals surface area contributed by atoms with Crippen LogP contribution in [0.4, 0.5) is 0 Å². The van der Waals surface area contributed by atoms with Gasteiger partial charge in [-0.15, -0.1) is 0 Å². The highest BCUT2D eigenvalue weighted by Gasteiger charge is 2.21. The first kappa shape index (κ1) is 16.3. The highest BCUT2D eigenvalue weighted by atomic mass is 16.4. The summed E-state index contributed by atoms with van der Waals surface area (Å²) in [4.78, 5) is 12.7. The van der Waals surface area contributed by atoms with Gasteiger partial charge < -0.3 is 15.3 Å². The van der Waals surface area contributed by atoms with Gasteiger partial charge in [0, 0.05) is 30.1 Å². The lowest BCUT2D eigenvalue weighted by Crippen LogP contribution is -2.34. The first-order valence-electron chi connectivity index (χ1n) is 6.82. The summed E-state index contributed by atoms with van der Waals surface area (Å²) in [5.41, 5.74) is 0.729. The molecule has 1 unspecified atom stereocenters. The summed E-state index contributed by atoms with van der Waals surface area (Å²) < 4.78 is 0. The number of rotatable bonds is 7. The van der Waals surface area contributed by atoms with Crippen LogP contribution in [0.5, 0.6) is 11.5 Å². The molecule has 1 rings (SSSR count). The molecule has 0 heterocycles. The van der Waals surface area contributed by atoms with E-state index in [1.54, 1.807) is 12.1 Å². The molecule has 0 aliphatic rings. The zero-order valence-corrected chi connectivity index (χ0v) is 12.2. The molecule has 112 valence electrons. The number of carbonyl (C=O) groups is 1. The number of phenols is 2. The fourth-order valence-electron chi connectivity index (χ4n) is 2.38. The zero-order chi connectivity index (χ0) is 15.3. The monoisotopic (exact) mass is 281 g/mol. The van der Waals surface area contributed by atoms with Crippen molar-refractivity contribution in [2.75, 3.05) is 6.54 Å². The maximum absolute atomic E-state index is 10.6. The maximum Gasteiger partial charge on any atom is 0.303 e. The van der Waals surface area contributed by atoms with E-state index < -0.39 is 5.97 Å². The number of aromatic hydroxyl groups is 2. The highest BCUT2D eigenvalue weighted by molar-refractivity contribution is 5.66. The lowest BCUT2D eigenvalue weighted by molar-refractivity contribution is -0.137. The van der Waals surface area contributed by atoms with Gasteiger partial charge >= 0.3 is 5.97 Å². The van der Waals surface area contributed by atoms with Crippen LogP contribution in [0.15, 0.2) is 18.2 Å². The molecule has 1 aromatic rings. The molecule has 0 spiro atoms. The molecule has 0 aliphatic heterocycles. The van der Waals surface area contributed by atoms with Crippen molar-refractivity contribution in [3.05, 3.63) is 23.8 Å². The Labute approximate surface area is 119 Å². The Morgan fingerprint density at radius 1 is 1.25 bits per heavy atom. The van der Waals surface area contributed by atoms with Crippen LogP contribution in [0.3, 0.4) is 0 Å². The van der Waals surface area contributed by atoms with Gasteiger partial charge in [0.15, 0.2) is 0 Å². The molecule has 0 aliphatic carbocycles. The van der Waals surface area contributed by atoms with Gasteiger partial charge in [-0.2, -0.15) is 0 Å². The summed E-state index contributed by atoms with van der Waals surface area (Å²) in [6.45, 7) is 6.68. The van der Waals surface area contributed by atoms with Crippen LogP contribution in [0.25, 0.3) is 0 Å². The fourth-order valence-corrected chi connectivity index (χ4v) is 2.38. The number of benzene rings is 1. The minimum absolute atomic E-state index is 0.0282. The molecule has 5 nitrogen and oxygen atoms in total. The Balaban J connectivity index is 2.82. The van der Waals surface area contributed by atoms with Crippen LogP contribution >= 0.6 is 0 Å². The predicted molar refractivity (Wildman–Crippen MR) is 76.9 cm³/mol. The number of hydrogen-bond donors (Lipinski definition) is 3. The van der Waals surface area contributed by atoms with Gasteiger partial charge in [-0.25, -0.2) is 0 Å². The van der Waals surface area contributed by atoms with Crippen LogP contribution < -0.4 is 0 Å². The molecule has 0 saturated carbocycles. The molecule has 0 aromatic heterocycles. The van der Waals surface area contributed by atoms with Gasteiger partial charge in [-0.05, 0) is 39.8 Å². The molecule has 1 aromatic carbocycles. The molecule has 0 saturated heterocycles. The smallest absolute Gasteiger partial charge is 0.303 e. The predicted octanol–water partition coefficient (Wildman–Crippen LogP) is 2.73. The SMILES string of the molecule is CC(C)N(CCCC(=O)O)C(C)c1ccc(O)cc1O.